The molecule has 0 aliphatic carbocycles. The lowest BCUT2D eigenvalue weighted by molar-refractivity contribution is 0.189. The summed E-state index contributed by atoms with van der Waals surface area (Å²) < 4.78 is 0. The fraction of sp³-hybridized carbons (Fsp3) is 0.308. The Labute approximate surface area is 100 Å². The van der Waals surface area contributed by atoms with E-state index in [2.05, 4.69) is 10.3 Å². The molecule has 1 aromatic heterocycles. The van der Waals surface area contributed by atoms with E-state index in [0.717, 1.165) is 22.3 Å². The molecular weight excluding hydrogens is 214 g/mol. The van der Waals surface area contributed by atoms with Gasteiger partial charge >= 0.3 is 0 Å². The molecule has 0 saturated carbocycles. The summed E-state index contributed by atoms with van der Waals surface area (Å²) in [7, 11) is 0. The van der Waals surface area contributed by atoms with Crippen LogP contribution in [0.1, 0.15) is 13.3 Å². The van der Waals surface area contributed by atoms with Crippen LogP contribution < -0.4 is 11.1 Å². The number of pyridine rings is 1. The van der Waals surface area contributed by atoms with Crippen LogP contribution in [0.2, 0.25) is 0 Å². The second-order valence-electron chi connectivity index (χ2n) is 4.17. The molecule has 0 spiro atoms. The van der Waals surface area contributed by atoms with Crippen LogP contribution in [0.3, 0.4) is 0 Å². The quantitative estimate of drug-likeness (QED) is 0.704. The molecule has 1 atom stereocenters. The largest absolute Gasteiger partial charge is 0.398 e. The van der Waals surface area contributed by atoms with Crippen molar-refractivity contribution in [2.75, 3.05) is 17.6 Å². The lowest BCUT2D eigenvalue weighted by atomic mass is 10.1. The highest BCUT2D eigenvalue weighted by Crippen LogP contribution is 2.26. The van der Waals surface area contributed by atoms with Gasteiger partial charge in [0, 0.05) is 23.8 Å². The van der Waals surface area contributed by atoms with Gasteiger partial charge in [-0.05, 0) is 37.6 Å². The van der Waals surface area contributed by atoms with E-state index >= 15 is 0 Å². The molecular formula is C13H17N3O. The summed E-state index contributed by atoms with van der Waals surface area (Å²) >= 11 is 0. The normalized spacial score (nSPS) is 12.6. The number of aliphatic hydroxyl groups excluding tert-OH is 1. The van der Waals surface area contributed by atoms with Crippen LogP contribution in [0, 0.1) is 0 Å². The maximum Gasteiger partial charge on any atom is 0.0953 e. The Hall–Kier alpha value is -1.81. The Morgan fingerprint density at radius 1 is 1.41 bits per heavy atom. The minimum absolute atomic E-state index is 0.296. The number of fused-ring (bicyclic) bond motifs is 1. The van der Waals surface area contributed by atoms with E-state index in [9.17, 15) is 5.11 Å². The average Bonchev–Trinajstić information content (AvgIpc) is 2.32. The van der Waals surface area contributed by atoms with E-state index in [1.807, 2.05) is 24.3 Å². The minimum atomic E-state index is -0.296. The van der Waals surface area contributed by atoms with Crippen LogP contribution in [0.15, 0.2) is 30.5 Å². The van der Waals surface area contributed by atoms with Gasteiger partial charge in [-0.2, -0.15) is 0 Å². The molecule has 0 amide bonds. The van der Waals surface area contributed by atoms with Gasteiger partial charge < -0.3 is 16.2 Å². The van der Waals surface area contributed by atoms with Crippen molar-refractivity contribution in [2.24, 2.45) is 0 Å². The Morgan fingerprint density at radius 2 is 2.24 bits per heavy atom. The highest BCUT2D eigenvalue weighted by Gasteiger charge is 2.04. The van der Waals surface area contributed by atoms with Crippen LogP contribution in [0.4, 0.5) is 11.4 Å². The SMILES string of the molecule is CC(O)CCNc1ccc(N)c2cccnc12. The zero-order valence-corrected chi connectivity index (χ0v) is 9.85. The molecule has 1 unspecified atom stereocenters. The third kappa shape index (κ3) is 2.65. The number of aromatic nitrogens is 1. The third-order valence-electron chi connectivity index (χ3n) is 2.68. The maximum atomic E-state index is 9.21. The number of benzene rings is 1. The second-order valence-corrected chi connectivity index (χ2v) is 4.17. The van der Waals surface area contributed by atoms with Crippen LogP contribution in [-0.2, 0) is 0 Å². The smallest absolute Gasteiger partial charge is 0.0953 e. The number of hydrogen-bond acceptors (Lipinski definition) is 4. The Bertz CT molecular complexity index is 511. The van der Waals surface area contributed by atoms with E-state index in [1.165, 1.54) is 0 Å². The number of aliphatic hydroxyl groups is 1. The standard InChI is InChI=1S/C13H17N3O/c1-9(17)6-8-15-12-5-4-11(14)10-3-2-7-16-13(10)12/h2-5,7,9,15,17H,6,8,14H2,1H3. The predicted octanol–water partition coefficient (Wildman–Crippen LogP) is 2.00. The summed E-state index contributed by atoms with van der Waals surface area (Å²) in [5, 5.41) is 13.4. The lowest BCUT2D eigenvalue weighted by Crippen LogP contribution is -2.10. The van der Waals surface area contributed by atoms with Crippen LogP contribution in [-0.4, -0.2) is 22.7 Å². The monoisotopic (exact) mass is 231 g/mol. The number of rotatable bonds is 4. The fourth-order valence-corrected chi connectivity index (χ4v) is 1.75. The van der Waals surface area contributed by atoms with Crippen molar-refractivity contribution in [3.05, 3.63) is 30.5 Å². The number of nitrogen functional groups attached to an aromatic ring is 1. The van der Waals surface area contributed by atoms with Gasteiger partial charge in [-0.25, -0.2) is 0 Å². The van der Waals surface area contributed by atoms with Gasteiger partial charge in [0.1, 0.15) is 0 Å². The molecule has 1 heterocycles. The highest BCUT2D eigenvalue weighted by molar-refractivity contribution is 5.98. The van der Waals surface area contributed by atoms with Crippen LogP contribution in [0.25, 0.3) is 10.9 Å². The van der Waals surface area contributed by atoms with Gasteiger partial charge in [0.15, 0.2) is 0 Å². The van der Waals surface area contributed by atoms with Crippen molar-refractivity contribution in [3.63, 3.8) is 0 Å². The van der Waals surface area contributed by atoms with Gasteiger partial charge in [-0.15, -0.1) is 0 Å². The first kappa shape index (κ1) is 11.7. The molecule has 1 aromatic carbocycles. The molecule has 0 fully saturated rings. The zero-order valence-electron chi connectivity index (χ0n) is 9.85. The number of hydrogen-bond donors (Lipinski definition) is 3. The van der Waals surface area contributed by atoms with Crippen LogP contribution >= 0.6 is 0 Å². The fourth-order valence-electron chi connectivity index (χ4n) is 1.75. The van der Waals surface area contributed by atoms with Crippen molar-refractivity contribution in [3.8, 4) is 0 Å². The Balaban J connectivity index is 2.26. The number of anilines is 2. The minimum Gasteiger partial charge on any atom is -0.398 e. The predicted molar refractivity (Wildman–Crippen MR) is 70.9 cm³/mol. The maximum absolute atomic E-state index is 9.21. The molecule has 2 aromatic rings. The topological polar surface area (TPSA) is 71.2 Å². The molecule has 90 valence electrons. The number of nitrogens with one attached hydrogen (secondary N) is 1. The zero-order chi connectivity index (χ0) is 12.3. The van der Waals surface area contributed by atoms with Gasteiger partial charge in [-0.1, -0.05) is 0 Å². The van der Waals surface area contributed by atoms with Crippen molar-refractivity contribution in [1.29, 1.82) is 0 Å². The third-order valence-corrected chi connectivity index (χ3v) is 2.68. The van der Waals surface area contributed by atoms with E-state index in [4.69, 9.17) is 5.73 Å². The van der Waals surface area contributed by atoms with Gasteiger partial charge in [0.05, 0.1) is 17.3 Å². The lowest BCUT2D eigenvalue weighted by Gasteiger charge is -2.11. The summed E-state index contributed by atoms with van der Waals surface area (Å²) in [6, 6.07) is 7.62. The molecule has 4 N–H and O–H groups in total. The number of nitrogens with two attached hydrogens (primary N) is 1. The van der Waals surface area contributed by atoms with Gasteiger partial charge in [-0.3, -0.25) is 4.98 Å². The molecule has 0 aliphatic rings. The molecule has 0 bridgehead atoms. The molecule has 0 radical (unpaired) electrons. The summed E-state index contributed by atoms with van der Waals surface area (Å²) in [6.45, 7) is 2.49. The van der Waals surface area contributed by atoms with Crippen molar-refractivity contribution < 1.29 is 5.11 Å². The first-order chi connectivity index (χ1) is 8.18. The molecule has 2 rings (SSSR count). The summed E-state index contributed by atoms with van der Waals surface area (Å²) in [4.78, 5) is 4.33. The Morgan fingerprint density at radius 3 is 3.00 bits per heavy atom. The van der Waals surface area contributed by atoms with E-state index < -0.39 is 0 Å². The van der Waals surface area contributed by atoms with E-state index in [0.29, 0.717) is 13.0 Å². The van der Waals surface area contributed by atoms with Gasteiger partial charge in [0.25, 0.3) is 0 Å². The number of nitrogens with zero attached hydrogens (tertiary/aromatic N) is 1. The Kier molecular flexibility index (Phi) is 3.44. The van der Waals surface area contributed by atoms with E-state index in [-0.39, 0.29) is 6.10 Å². The van der Waals surface area contributed by atoms with Crippen LogP contribution in [0.5, 0.6) is 0 Å². The summed E-state index contributed by atoms with van der Waals surface area (Å²) in [6.07, 6.45) is 2.16. The first-order valence-corrected chi connectivity index (χ1v) is 5.73. The van der Waals surface area contributed by atoms with E-state index in [1.54, 1.807) is 13.1 Å². The average molecular weight is 231 g/mol. The molecule has 0 saturated heterocycles. The molecule has 17 heavy (non-hydrogen) atoms. The first-order valence-electron chi connectivity index (χ1n) is 5.73. The summed E-state index contributed by atoms with van der Waals surface area (Å²) in [5.74, 6) is 0. The molecule has 4 nitrogen and oxygen atoms in total. The van der Waals surface area contributed by atoms with Crippen molar-refractivity contribution in [2.45, 2.75) is 19.4 Å². The van der Waals surface area contributed by atoms with Crippen molar-refractivity contribution >= 4 is 22.3 Å². The second kappa shape index (κ2) is 5.01. The molecule has 0 aliphatic heterocycles. The van der Waals surface area contributed by atoms with Gasteiger partial charge in [0.2, 0.25) is 0 Å². The summed E-state index contributed by atoms with van der Waals surface area (Å²) in [5.41, 5.74) is 8.45. The highest BCUT2D eigenvalue weighted by atomic mass is 16.3. The molecule has 4 heteroatoms. The van der Waals surface area contributed by atoms with Crippen molar-refractivity contribution in [1.82, 2.24) is 4.98 Å².